The smallest absolute Gasteiger partial charge is 0.256 e. The fourth-order valence-corrected chi connectivity index (χ4v) is 2.02. The lowest BCUT2D eigenvalue weighted by Gasteiger charge is -2.18. The number of hydrogen-bond donors (Lipinski definition) is 1. The van der Waals surface area contributed by atoms with Crippen molar-refractivity contribution in [2.75, 3.05) is 7.05 Å². The third-order valence-corrected chi connectivity index (χ3v) is 3.10. The summed E-state index contributed by atoms with van der Waals surface area (Å²) in [7, 11) is 1.61. The third-order valence-electron chi connectivity index (χ3n) is 3.10. The molecule has 2 rings (SSSR count). The first-order chi connectivity index (χ1) is 9.49. The minimum Gasteiger partial charge on any atom is -0.508 e. The molecule has 0 radical (unpaired) electrons. The molecule has 4 heteroatoms. The van der Waals surface area contributed by atoms with Gasteiger partial charge in [0.2, 0.25) is 0 Å². The number of phenolic OH excluding ortho intramolecular Hbond substituents is 1. The Morgan fingerprint density at radius 3 is 2.65 bits per heavy atom. The molecule has 0 atom stereocenters. The molecule has 0 saturated carbocycles. The summed E-state index contributed by atoms with van der Waals surface area (Å²) in [6.45, 7) is 1.93. The van der Waals surface area contributed by atoms with Crippen LogP contribution in [0, 0.1) is 12.7 Å². The molecule has 0 saturated heterocycles. The van der Waals surface area contributed by atoms with Crippen LogP contribution in [-0.4, -0.2) is 23.0 Å². The first kappa shape index (κ1) is 14.1. The summed E-state index contributed by atoms with van der Waals surface area (Å²) in [5, 5.41) is 9.40. The number of rotatable bonds is 3. The van der Waals surface area contributed by atoms with E-state index in [1.807, 2.05) is 0 Å². The maximum Gasteiger partial charge on any atom is 0.256 e. The largest absolute Gasteiger partial charge is 0.508 e. The fraction of sp³-hybridized carbons (Fsp3) is 0.188. The SMILES string of the molecule is Cc1cccc(C(=O)N(C)Cc2cccc(O)c2)c1F. The molecule has 0 spiro atoms. The van der Waals surface area contributed by atoms with Crippen molar-refractivity contribution >= 4 is 5.91 Å². The van der Waals surface area contributed by atoms with Crippen LogP contribution in [0.25, 0.3) is 0 Å². The Morgan fingerprint density at radius 1 is 1.25 bits per heavy atom. The van der Waals surface area contributed by atoms with Gasteiger partial charge in [-0.05, 0) is 36.2 Å². The summed E-state index contributed by atoms with van der Waals surface area (Å²) in [4.78, 5) is 13.7. The monoisotopic (exact) mass is 273 g/mol. The minimum atomic E-state index is -0.486. The lowest BCUT2D eigenvalue weighted by molar-refractivity contribution is 0.0780. The molecule has 3 nitrogen and oxygen atoms in total. The van der Waals surface area contributed by atoms with Gasteiger partial charge in [-0.2, -0.15) is 0 Å². The van der Waals surface area contributed by atoms with Crippen LogP contribution >= 0.6 is 0 Å². The van der Waals surface area contributed by atoms with E-state index in [4.69, 9.17) is 0 Å². The molecule has 20 heavy (non-hydrogen) atoms. The van der Waals surface area contributed by atoms with Gasteiger partial charge in [0.15, 0.2) is 0 Å². The number of hydrogen-bond acceptors (Lipinski definition) is 2. The van der Waals surface area contributed by atoms with E-state index in [9.17, 15) is 14.3 Å². The van der Waals surface area contributed by atoms with Crippen molar-refractivity contribution in [3.8, 4) is 5.75 Å². The molecule has 1 amide bonds. The van der Waals surface area contributed by atoms with Crippen LogP contribution in [0.15, 0.2) is 42.5 Å². The van der Waals surface area contributed by atoms with Crippen LogP contribution in [0.3, 0.4) is 0 Å². The molecule has 0 bridgehead atoms. The molecule has 1 N–H and O–H groups in total. The van der Waals surface area contributed by atoms with Crippen LogP contribution < -0.4 is 0 Å². The van der Waals surface area contributed by atoms with Gasteiger partial charge in [-0.25, -0.2) is 4.39 Å². The van der Waals surface area contributed by atoms with Gasteiger partial charge >= 0.3 is 0 Å². The molecule has 104 valence electrons. The maximum absolute atomic E-state index is 13.9. The predicted octanol–water partition coefficient (Wildman–Crippen LogP) is 3.11. The highest BCUT2D eigenvalue weighted by Gasteiger charge is 2.17. The molecule has 0 unspecified atom stereocenters. The van der Waals surface area contributed by atoms with E-state index in [1.165, 1.54) is 11.0 Å². The molecule has 2 aromatic rings. The van der Waals surface area contributed by atoms with Crippen molar-refractivity contribution in [3.63, 3.8) is 0 Å². The van der Waals surface area contributed by atoms with Gasteiger partial charge in [0.05, 0.1) is 5.56 Å². The summed E-state index contributed by atoms with van der Waals surface area (Å²) >= 11 is 0. The molecule has 0 aliphatic rings. The average molecular weight is 273 g/mol. The maximum atomic E-state index is 13.9. The second-order valence-electron chi connectivity index (χ2n) is 4.77. The van der Waals surface area contributed by atoms with Gasteiger partial charge in [-0.15, -0.1) is 0 Å². The van der Waals surface area contributed by atoms with Crippen molar-refractivity contribution in [2.45, 2.75) is 13.5 Å². The Balaban J connectivity index is 2.19. The van der Waals surface area contributed by atoms with Crippen molar-refractivity contribution in [3.05, 3.63) is 65.0 Å². The number of amides is 1. The quantitative estimate of drug-likeness (QED) is 0.933. The zero-order chi connectivity index (χ0) is 14.7. The summed E-state index contributed by atoms with van der Waals surface area (Å²) < 4.78 is 13.9. The predicted molar refractivity (Wildman–Crippen MR) is 75.0 cm³/mol. The lowest BCUT2D eigenvalue weighted by Crippen LogP contribution is -2.27. The second kappa shape index (κ2) is 5.74. The molecule has 0 aromatic heterocycles. The highest BCUT2D eigenvalue weighted by molar-refractivity contribution is 5.94. The highest BCUT2D eigenvalue weighted by atomic mass is 19.1. The topological polar surface area (TPSA) is 40.5 Å². The minimum absolute atomic E-state index is 0.0626. The van der Waals surface area contributed by atoms with Crippen LogP contribution in [0.2, 0.25) is 0 Å². The average Bonchev–Trinajstić information content (AvgIpc) is 2.41. The van der Waals surface area contributed by atoms with E-state index in [0.717, 1.165) is 5.56 Å². The van der Waals surface area contributed by atoms with E-state index in [1.54, 1.807) is 50.4 Å². The van der Waals surface area contributed by atoms with Crippen LogP contribution in [0.1, 0.15) is 21.5 Å². The van der Waals surface area contributed by atoms with Gasteiger partial charge in [0.1, 0.15) is 11.6 Å². The van der Waals surface area contributed by atoms with E-state index < -0.39 is 5.82 Å². The van der Waals surface area contributed by atoms with E-state index >= 15 is 0 Å². The summed E-state index contributed by atoms with van der Waals surface area (Å²) in [5.41, 5.74) is 1.29. The van der Waals surface area contributed by atoms with Gasteiger partial charge < -0.3 is 10.0 Å². The lowest BCUT2D eigenvalue weighted by atomic mass is 10.1. The van der Waals surface area contributed by atoms with E-state index in [0.29, 0.717) is 12.1 Å². The van der Waals surface area contributed by atoms with Crippen molar-refractivity contribution in [1.82, 2.24) is 4.90 Å². The first-order valence-corrected chi connectivity index (χ1v) is 6.27. The summed E-state index contributed by atoms with van der Waals surface area (Å²) in [6, 6.07) is 11.4. The number of benzene rings is 2. The van der Waals surface area contributed by atoms with Crippen molar-refractivity contribution < 1.29 is 14.3 Å². The highest BCUT2D eigenvalue weighted by Crippen LogP contribution is 2.16. The molecule has 2 aromatic carbocycles. The number of aryl methyl sites for hydroxylation is 1. The van der Waals surface area contributed by atoms with Crippen LogP contribution in [-0.2, 0) is 6.54 Å². The van der Waals surface area contributed by atoms with Gasteiger partial charge in [-0.3, -0.25) is 4.79 Å². The number of aromatic hydroxyl groups is 1. The molecule has 0 aliphatic heterocycles. The van der Waals surface area contributed by atoms with Crippen LogP contribution in [0.4, 0.5) is 4.39 Å². The molecular formula is C16H16FNO2. The number of carbonyl (C=O) groups excluding carboxylic acids is 1. The van der Waals surface area contributed by atoms with E-state index in [2.05, 4.69) is 0 Å². The molecule has 0 heterocycles. The van der Waals surface area contributed by atoms with Gasteiger partial charge in [0.25, 0.3) is 5.91 Å². The zero-order valence-electron chi connectivity index (χ0n) is 11.4. The Labute approximate surface area is 117 Å². The van der Waals surface area contributed by atoms with Crippen LogP contribution in [0.5, 0.6) is 5.75 Å². The van der Waals surface area contributed by atoms with Gasteiger partial charge in [-0.1, -0.05) is 24.3 Å². The number of phenols is 1. The number of halogens is 1. The third kappa shape index (κ3) is 2.96. The zero-order valence-corrected chi connectivity index (χ0v) is 11.4. The Bertz CT molecular complexity index is 640. The van der Waals surface area contributed by atoms with Gasteiger partial charge in [0, 0.05) is 13.6 Å². The second-order valence-corrected chi connectivity index (χ2v) is 4.77. The summed E-state index contributed by atoms with van der Waals surface area (Å²) in [6.07, 6.45) is 0. The molecular weight excluding hydrogens is 257 g/mol. The van der Waals surface area contributed by atoms with Crippen molar-refractivity contribution in [1.29, 1.82) is 0 Å². The van der Waals surface area contributed by atoms with E-state index in [-0.39, 0.29) is 17.2 Å². The summed E-state index contributed by atoms with van der Waals surface area (Å²) in [5.74, 6) is -0.722. The standard InChI is InChI=1S/C16H16FNO2/c1-11-5-3-8-14(15(11)17)16(20)18(2)10-12-6-4-7-13(19)9-12/h3-9,19H,10H2,1-2H3. The van der Waals surface area contributed by atoms with Crippen molar-refractivity contribution in [2.24, 2.45) is 0 Å². The Kier molecular flexibility index (Phi) is 4.03. The normalized spacial score (nSPS) is 10.3. The molecule has 0 aliphatic carbocycles. The molecule has 0 fully saturated rings. The number of nitrogens with zero attached hydrogens (tertiary/aromatic N) is 1. The Morgan fingerprint density at radius 2 is 1.95 bits per heavy atom. The fourth-order valence-electron chi connectivity index (χ4n) is 2.02. The first-order valence-electron chi connectivity index (χ1n) is 6.27. The Hall–Kier alpha value is -2.36. The number of carbonyl (C=O) groups is 1.